The number of fused-ring (bicyclic) bond motifs is 2. The maximum atomic E-state index is 12.9. The summed E-state index contributed by atoms with van der Waals surface area (Å²) in [5, 5.41) is 38.0. The van der Waals surface area contributed by atoms with Crippen molar-refractivity contribution in [3.8, 4) is 0 Å². The number of methoxy groups -OCH3 is 2. The number of aliphatic hydroxyl groups excluding tert-OH is 2. The fourth-order valence-corrected chi connectivity index (χ4v) is 22.9. The molecule has 2 aromatic rings. The normalized spacial score (nSPS) is 17.5. The fraction of sp³-hybridized carbons (Fsp3) is 0.667. The third kappa shape index (κ3) is 4.08. The van der Waals surface area contributed by atoms with Crippen molar-refractivity contribution < 1.29 is 29.3 Å². The van der Waals surface area contributed by atoms with Crippen LogP contribution < -0.4 is 8.79 Å². The van der Waals surface area contributed by atoms with Gasteiger partial charge in [-0.15, -0.1) is 0 Å². The van der Waals surface area contributed by atoms with Crippen LogP contribution in [0, 0.1) is 0 Å². The van der Waals surface area contributed by atoms with Crippen LogP contribution in [0.1, 0.15) is 86.4 Å². The molecule has 0 bridgehead atoms. The Balaban J connectivity index is 2.44. The van der Waals surface area contributed by atoms with Crippen LogP contribution in [0.2, 0.25) is 31.5 Å². The standard InChI is InChI=1S/C24H40Ge2N4O6/c1-9-25(10-2,11-3)15-17(23(33)35-7)27-29-19(15)21(31)30-20(22(29)32)16(18(28-30)24(34)36-8)26(12-4,13-5)14-6/h21-22,31-32H,9-14H2,1-8H3. The molecule has 200 valence electrons. The molecule has 2 atom stereocenters. The van der Waals surface area contributed by atoms with Crippen molar-refractivity contribution >= 4 is 47.3 Å². The molecule has 0 spiro atoms. The van der Waals surface area contributed by atoms with Crippen LogP contribution in [0.25, 0.3) is 0 Å². The van der Waals surface area contributed by atoms with E-state index in [1.807, 2.05) is 0 Å². The number of esters is 2. The van der Waals surface area contributed by atoms with E-state index in [9.17, 15) is 19.8 Å². The van der Waals surface area contributed by atoms with E-state index < -0.39 is 50.9 Å². The van der Waals surface area contributed by atoms with Gasteiger partial charge in [0.15, 0.2) is 0 Å². The summed E-state index contributed by atoms with van der Waals surface area (Å²) in [6.45, 7) is 12.7. The fourth-order valence-electron chi connectivity index (χ4n) is 6.08. The number of nitrogens with zero attached hydrogens (tertiary/aromatic N) is 4. The van der Waals surface area contributed by atoms with Crippen molar-refractivity contribution in [1.82, 2.24) is 19.6 Å². The zero-order valence-corrected chi connectivity index (χ0v) is 26.9. The van der Waals surface area contributed by atoms with Crippen LogP contribution in [-0.2, 0) is 9.47 Å². The summed E-state index contributed by atoms with van der Waals surface area (Å²) in [6.07, 6.45) is -2.61. The van der Waals surface area contributed by atoms with Crippen LogP contribution in [0.3, 0.4) is 0 Å². The topological polar surface area (TPSA) is 129 Å². The molecule has 36 heavy (non-hydrogen) atoms. The Morgan fingerprint density at radius 1 is 0.694 bits per heavy atom. The second-order valence-electron chi connectivity index (χ2n) is 9.52. The molecule has 3 heterocycles. The average molecular weight is 626 g/mol. The molecule has 2 aromatic heterocycles. The van der Waals surface area contributed by atoms with E-state index in [0.29, 0.717) is 11.4 Å². The molecule has 3 rings (SSSR count). The van der Waals surface area contributed by atoms with Gasteiger partial charge in [0.25, 0.3) is 0 Å². The van der Waals surface area contributed by atoms with Crippen molar-refractivity contribution in [3.05, 3.63) is 22.8 Å². The van der Waals surface area contributed by atoms with E-state index in [1.165, 1.54) is 23.6 Å². The number of hydrogen-bond acceptors (Lipinski definition) is 8. The Morgan fingerprint density at radius 2 is 0.972 bits per heavy atom. The van der Waals surface area contributed by atoms with Gasteiger partial charge in [-0.2, -0.15) is 0 Å². The molecular formula is C24H40Ge2N4O6. The van der Waals surface area contributed by atoms with Crippen LogP contribution in [0.5, 0.6) is 0 Å². The first-order valence-electron chi connectivity index (χ1n) is 12.9. The van der Waals surface area contributed by atoms with E-state index in [0.717, 1.165) is 40.3 Å². The average Bonchev–Trinajstić information content (AvgIpc) is 3.51. The number of carbonyl (C=O) groups is 2. The van der Waals surface area contributed by atoms with Gasteiger partial charge in [-0.05, 0) is 0 Å². The third-order valence-electron chi connectivity index (χ3n) is 8.73. The summed E-state index contributed by atoms with van der Waals surface area (Å²) >= 11 is -5.89. The molecule has 0 aliphatic carbocycles. The molecule has 12 heteroatoms. The van der Waals surface area contributed by atoms with Gasteiger partial charge in [0, 0.05) is 0 Å². The predicted octanol–water partition coefficient (Wildman–Crippen LogP) is 2.48. The predicted molar refractivity (Wildman–Crippen MR) is 142 cm³/mol. The first-order valence-corrected chi connectivity index (χ1v) is 23.9. The van der Waals surface area contributed by atoms with Crippen LogP contribution in [0.4, 0.5) is 0 Å². The van der Waals surface area contributed by atoms with Gasteiger partial charge in [-0.3, -0.25) is 0 Å². The number of aromatic nitrogens is 4. The SMILES string of the molecule is C[CH2][Ge]([CH2]C)([CH2]C)[c]1c(C(=O)OC)nn2c1C(O)n1nc(C(=O)OC)[c]([Ge]([CH2]C)([CH2]C)[CH2]C)c1C2O. The zero-order chi connectivity index (χ0) is 27.0. The van der Waals surface area contributed by atoms with E-state index in [2.05, 4.69) is 51.7 Å². The van der Waals surface area contributed by atoms with Gasteiger partial charge in [0.05, 0.1) is 0 Å². The Kier molecular flexibility index (Phi) is 8.84. The van der Waals surface area contributed by atoms with Gasteiger partial charge >= 0.3 is 219 Å². The quantitative estimate of drug-likeness (QED) is 0.305. The number of rotatable bonds is 10. The number of aliphatic hydroxyl groups is 2. The molecule has 1 aliphatic heterocycles. The number of ether oxygens (including phenoxy) is 2. The van der Waals surface area contributed by atoms with E-state index in [1.54, 1.807) is 0 Å². The number of hydrogen-bond donors (Lipinski definition) is 2. The first-order chi connectivity index (χ1) is 17.1. The molecule has 0 saturated heterocycles. The minimum atomic E-state index is -2.95. The summed E-state index contributed by atoms with van der Waals surface area (Å²) in [7, 11) is 2.63. The van der Waals surface area contributed by atoms with Crippen LogP contribution in [0.15, 0.2) is 0 Å². The maximum absolute atomic E-state index is 12.9. The molecule has 2 unspecified atom stereocenters. The van der Waals surface area contributed by atoms with Crippen LogP contribution >= 0.6 is 0 Å². The van der Waals surface area contributed by atoms with Crippen molar-refractivity contribution in [2.75, 3.05) is 14.2 Å². The second-order valence-corrected chi connectivity index (χ2v) is 31.3. The summed E-state index contributed by atoms with van der Waals surface area (Å²) in [5.41, 5.74) is 1.11. The zero-order valence-electron chi connectivity index (χ0n) is 22.7. The molecule has 0 amide bonds. The first kappa shape index (κ1) is 28.9. The van der Waals surface area contributed by atoms with Gasteiger partial charge in [-0.1, -0.05) is 0 Å². The molecule has 10 nitrogen and oxygen atoms in total. The van der Waals surface area contributed by atoms with Crippen molar-refractivity contribution in [2.24, 2.45) is 0 Å². The summed E-state index contributed by atoms with van der Waals surface area (Å²) in [4.78, 5) is 25.8. The molecule has 0 fully saturated rings. The number of carbonyl (C=O) groups excluding carboxylic acids is 2. The van der Waals surface area contributed by atoms with Gasteiger partial charge in [0.2, 0.25) is 0 Å². The van der Waals surface area contributed by atoms with E-state index >= 15 is 0 Å². The van der Waals surface area contributed by atoms with Crippen molar-refractivity contribution in [3.63, 3.8) is 0 Å². The van der Waals surface area contributed by atoms with Gasteiger partial charge in [0.1, 0.15) is 0 Å². The third-order valence-corrected chi connectivity index (χ3v) is 32.3. The molecule has 1 aliphatic rings. The Hall–Kier alpha value is -1.63. The summed E-state index contributed by atoms with van der Waals surface area (Å²) in [5.74, 6) is -1.15. The van der Waals surface area contributed by atoms with E-state index in [4.69, 9.17) is 9.47 Å². The monoisotopic (exact) mass is 628 g/mol. The van der Waals surface area contributed by atoms with Gasteiger partial charge in [-0.25, -0.2) is 0 Å². The minimum absolute atomic E-state index is 0.172. The molecule has 0 saturated carbocycles. The molecular weight excluding hydrogens is 586 g/mol. The Labute approximate surface area is 218 Å². The molecule has 0 aromatic carbocycles. The van der Waals surface area contributed by atoms with Gasteiger partial charge < -0.3 is 0 Å². The van der Waals surface area contributed by atoms with Crippen molar-refractivity contribution in [1.29, 1.82) is 0 Å². The second kappa shape index (κ2) is 11.0. The summed E-state index contributed by atoms with van der Waals surface area (Å²) in [6, 6.07) is 0. The Morgan fingerprint density at radius 3 is 1.19 bits per heavy atom. The van der Waals surface area contributed by atoms with Crippen molar-refractivity contribution in [2.45, 2.75) is 85.5 Å². The summed E-state index contributed by atoms with van der Waals surface area (Å²) < 4.78 is 14.4. The Bertz CT molecular complexity index is 1030. The molecule has 0 radical (unpaired) electrons. The molecule has 2 N–H and O–H groups in total. The van der Waals surface area contributed by atoms with Crippen LogP contribution in [-0.4, -0.2) is 82.5 Å². The van der Waals surface area contributed by atoms with E-state index in [-0.39, 0.29) is 11.4 Å².